The van der Waals surface area contributed by atoms with E-state index in [2.05, 4.69) is 80.6 Å². The fourth-order valence-electron chi connectivity index (χ4n) is 2.33. The summed E-state index contributed by atoms with van der Waals surface area (Å²) in [5.74, 6) is 0. The standard InChI is InChI=1S/C16H11Br2ClS/c1-9-5-10(7-11(17)6-9)15(19)13-8-20-16-12(13)3-2-4-14(16)18/h2-8,15H,1H3. The number of fused-ring (bicyclic) bond motifs is 1. The molecule has 3 rings (SSSR count). The van der Waals surface area contributed by atoms with Crippen molar-refractivity contribution in [2.24, 2.45) is 0 Å². The normalized spacial score (nSPS) is 12.8. The summed E-state index contributed by atoms with van der Waals surface area (Å²) in [5, 5.41) is 3.25. The highest BCUT2D eigenvalue weighted by Crippen LogP contribution is 2.40. The van der Waals surface area contributed by atoms with Crippen molar-refractivity contribution < 1.29 is 0 Å². The SMILES string of the molecule is Cc1cc(Br)cc(C(Cl)c2csc3c(Br)cccc23)c1. The molecular weight excluding hydrogens is 420 g/mol. The minimum Gasteiger partial charge on any atom is -0.142 e. The molecule has 0 aliphatic heterocycles. The molecule has 0 spiro atoms. The lowest BCUT2D eigenvalue weighted by Gasteiger charge is -2.11. The smallest absolute Gasteiger partial charge is 0.0849 e. The molecule has 0 radical (unpaired) electrons. The lowest BCUT2D eigenvalue weighted by atomic mass is 10.0. The molecule has 0 amide bonds. The maximum Gasteiger partial charge on any atom is 0.0849 e. The average Bonchev–Trinajstić information content (AvgIpc) is 2.82. The molecule has 1 unspecified atom stereocenters. The quantitative estimate of drug-likeness (QED) is 0.382. The van der Waals surface area contributed by atoms with Gasteiger partial charge < -0.3 is 0 Å². The predicted molar refractivity (Wildman–Crippen MR) is 96.1 cm³/mol. The monoisotopic (exact) mass is 428 g/mol. The molecule has 0 fully saturated rings. The van der Waals surface area contributed by atoms with Gasteiger partial charge in [0.1, 0.15) is 0 Å². The van der Waals surface area contributed by atoms with Crippen LogP contribution in [0, 0.1) is 6.92 Å². The fourth-order valence-corrected chi connectivity index (χ4v) is 4.98. The van der Waals surface area contributed by atoms with E-state index >= 15 is 0 Å². The highest BCUT2D eigenvalue weighted by molar-refractivity contribution is 9.11. The zero-order valence-electron chi connectivity index (χ0n) is 10.7. The number of aryl methyl sites for hydroxylation is 1. The molecule has 0 aliphatic carbocycles. The molecule has 0 nitrogen and oxygen atoms in total. The van der Waals surface area contributed by atoms with Crippen molar-refractivity contribution in [3.63, 3.8) is 0 Å². The van der Waals surface area contributed by atoms with Crippen LogP contribution in [0.5, 0.6) is 0 Å². The Kier molecular flexibility index (Phi) is 4.23. The van der Waals surface area contributed by atoms with Gasteiger partial charge in [-0.25, -0.2) is 0 Å². The summed E-state index contributed by atoms with van der Waals surface area (Å²) in [6.07, 6.45) is 0. The van der Waals surface area contributed by atoms with Crippen LogP contribution in [0.2, 0.25) is 0 Å². The number of benzene rings is 2. The third-order valence-electron chi connectivity index (χ3n) is 3.21. The first-order valence-corrected chi connectivity index (χ1v) is 9.03. The molecule has 102 valence electrons. The molecule has 2 aromatic carbocycles. The largest absolute Gasteiger partial charge is 0.142 e. The van der Waals surface area contributed by atoms with E-state index < -0.39 is 0 Å². The molecule has 1 aromatic heterocycles. The third kappa shape index (κ3) is 2.69. The highest BCUT2D eigenvalue weighted by Gasteiger charge is 2.17. The average molecular weight is 431 g/mol. The van der Waals surface area contributed by atoms with Crippen molar-refractivity contribution in [2.75, 3.05) is 0 Å². The highest BCUT2D eigenvalue weighted by atomic mass is 79.9. The van der Waals surface area contributed by atoms with Crippen LogP contribution in [0.1, 0.15) is 22.1 Å². The van der Waals surface area contributed by atoms with Gasteiger partial charge in [0.15, 0.2) is 0 Å². The second kappa shape index (κ2) is 5.80. The van der Waals surface area contributed by atoms with Crippen molar-refractivity contribution in [3.05, 3.63) is 67.4 Å². The summed E-state index contributed by atoms with van der Waals surface area (Å²) < 4.78 is 3.44. The summed E-state index contributed by atoms with van der Waals surface area (Å²) in [6, 6.07) is 12.6. The summed E-state index contributed by atoms with van der Waals surface area (Å²) in [4.78, 5) is 0. The van der Waals surface area contributed by atoms with E-state index in [1.807, 2.05) is 0 Å². The van der Waals surface area contributed by atoms with Crippen LogP contribution in [-0.2, 0) is 0 Å². The first-order chi connectivity index (χ1) is 9.56. The number of alkyl halides is 1. The van der Waals surface area contributed by atoms with Crippen molar-refractivity contribution in [2.45, 2.75) is 12.3 Å². The summed E-state index contributed by atoms with van der Waals surface area (Å²) in [5.41, 5.74) is 3.50. The van der Waals surface area contributed by atoms with Gasteiger partial charge in [-0.3, -0.25) is 0 Å². The molecule has 4 heteroatoms. The lowest BCUT2D eigenvalue weighted by molar-refractivity contribution is 1.15. The Balaban J connectivity index is 2.13. The zero-order valence-corrected chi connectivity index (χ0v) is 15.4. The minimum atomic E-state index is -0.130. The Labute approximate surface area is 144 Å². The van der Waals surface area contributed by atoms with Gasteiger partial charge in [-0.05, 0) is 68.5 Å². The lowest BCUT2D eigenvalue weighted by Crippen LogP contribution is -1.93. The minimum absolute atomic E-state index is 0.130. The maximum absolute atomic E-state index is 6.72. The maximum atomic E-state index is 6.72. The van der Waals surface area contributed by atoms with Crippen molar-refractivity contribution in [3.8, 4) is 0 Å². The van der Waals surface area contributed by atoms with Gasteiger partial charge in [0, 0.05) is 13.6 Å². The number of halogens is 3. The van der Waals surface area contributed by atoms with E-state index in [0.29, 0.717) is 0 Å². The Morgan fingerprint density at radius 2 is 1.95 bits per heavy atom. The van der Waals surface area contributed by atoms with E-state index in [1.54, 1.807) is 11.3 Å². The van der Waals surface area contributed by atoms with Crippen LogP contribution in [-0.4, -0.2) is 0 Å². The summed E-state index contributed by atoms with van der Waals surface area (Å²) >= 11 is 15.6. The van der Waals surface area contributed by atoms with E-state index in [0.717, 1.165) is 14.5 Å². The molecule has 1 atom stereocenters. The molecule has 0 saturated heterocycles. The van der Waals surface area contributed by atoms with Crippen molar-refractivity contribution >= 4 is 64.9 Å². The van der Waals surface area contributed by atoms with Gasteiger partial charge in [-0.2, -0.15) is 0 Å². The zero-order chi connectivity index (χ0) is 14.3. The Bertz CT molecular complexity index is 759. The van der Waals surface area contributed by atoms with Crippen molar-refractivity contribution in [1.82, 2.24) is 0 Å². The summed E-state index contributed by atoms with van der Waals surface area (Å²) in [6.45, 7) is 2.08. The first-order valence-electron chi connectivity index (χ1n) is 6.13. The second-order valence-corrected chi connectivity index (χ2v) is 7.82. The van der Waals surface area contributed by atoms with Crippen LogP contribution in [0.3, 0.4) is 0 Å². The van der Waals surface area contributed by atoms with Gasteiger partial charge in [0.05, 0.1) is 5.38 Å². The molecule has 1 heterocycles. The molecule has 20 heavy (non-hydrogen) atoms. The first kappa shape index (κ1) is 14.6. The predicted octanol–water partition coefficient (Wildman–Crippen LogP) is 7.06. The van der Waals surface area contributed by atoms with E-state index in [1.165, 1.54) is 21.2 Å². The molecule has 0 bridgehead atoms. The molecule has 0 saturated carbocycles. The Hall–Kier alpha value is -0.350. The van der Waals surface area contributed by atoms with Crippen LogP contribution in [0.4, 0.5) is 0 Å². The van der Waals surface area contributed by atoms with Crippen LogP contribution < -0.4 is 0 Å². The number of rotatable bonds is 2. The van der Waals surface area contributed by atoms with Gasteiger partial charge >= 0.3 is 0 Å². The van der Waals surface area contributed by atoms with E-state index in [4.69, 9.17) is 11.6 Å². The number of hydrogen-bond donors (Lipinski definition) is 0. The van der Waals surface area contributed by atoms with Crippen LogP contribution in [0.15, 0.2) is 50.7 Å². The molecular formula is C16H11Br2ClS. The third-order valence-corrected chi connectivity index (χ3v) is 6.13. The Morgan fingerprint density at radius 3 is 2.70 bits per heavy atom. The van der Waals surface area contributed by atoms with Crippen LogP contribution >= 0.6 is 54.8 Å². The fraction of sp³-hybridized carbons (Fsp3) is 0.125. The molecule has 0 aliphatic rings. The molecule has 3 aromatic rings. The molecule has 0 N–H and O–H groups in total. The second-order valence-electron chi connectivity index (χ2n) is 4.73. The van der Waals surface area contributed by atoms with Gasteiger partial charge in [0.25, 0.3) is 0 Å². The number of thiophene rings is 1. The van der Waals surface area contributed by atoms with Gasteiger partial charge in [-0.1, -0.05) is 34.1 Å². The van der Waals surface area contributed by atoms with Crippen molar-refractivity contribution in [1.29, 1.82) is 0 Å². The van der Waals surface area contributed by atoms with Gasteiger partial charge in [0.2, 0.25) is 0 Å². The Morgan fingerprint density at radius 1 is 1.15 bits per heavy atom. The van der Waals surface area contributed by atoms with E-state index in [-0.39, 0.29) is 5.38 Å². The van der Waals surface area contributed by atoms with Crippen LogP contribution in [0.25, 0.3) is 10.1 Å². The summed E-state index contributed by atoms with van der Waals surface area (Å²) in [7, 11) is 0. The van der Waals surface area contributed by atoms with E-state index in [9.17, 15) is 0 Å². The topological polar surface area (TPSA) is 0 Å². The van der Waals surface area contributed by atoms with Gasteiger partial charge in [-0.15, -0.1) is 22.9 Å². The number of hydrogen-bond acceptors (Lipinski definition) is 1.